The first-order valence-electron chi connectivity index (χ1n) is 7.34. The molecule has 1 aromatic heterocycles. The van der Waals surface area contributed by atoms with Crippen molar-refractivity contribution < 1.29 is 18.3 Å². The number of hydrogen-bond donors (Lipinski definition) is 0. The minimum absolute atomic E-state index is 0.117. The molecule has 1 aromatic rings. The second-order valence-electron chi connectivity index (χ2n) is 5.86. The van der Waals surface area contributed by atoms with Crippen molar-refractivity contribution >= 4 is 5.97 Å². The van der Waals surface area contributed by atoms with Gasteiger partial charge < -0.3 is 4.74 Å². The SMILES string of the molecule is CCOC(=O)c1nnn(C2CC(C)CC(C)C2)c1C(F)F. The average Bonchev–Trinajstić information content (AvgIpc) is 2.82. The number of nitrogens with zero attached hydrogens (tertiary/aromatic N) is 3. The van der Waals surface area contributed by atoms with Crippen LogP contribution in [-0.2, 0) is 4.74 Å². The van der Waals surface area contributed by atoms with Gasteiger partial charge in [-0.1, -0.05) is 19.1 Å². The number of halogens is 2. The molecule has 0 saturated heterocycles. The minimum atomic E-state index is -2.80. The lowest BCUT2D eigenvalue weighted by Gasteiger charge is -2.32. The fraction of sp³-hybridized carbons (Fsp3) is 0.786. The molecule has 5 nitrogen and oxygen atoms in total. The molecule has 2 unspecified atom stereocenters. The van der Waals surface area contributed by atoms with Crippen LogP contribution in [0.4, 0.5) is 8.78 Å². The Hall–Kier alpha value is -1.53. The van der Waals surface area contributed by atoms with Gasteiger partial charge in [-0.25, -0.2) is 18.3 Å². The van der Waals surface area contributed by atoms with Crippen LogP contribution in [0.3, 0.4) is 0 Å². The molecule has 21 heavy (non-hydrogen) atoms. The Balaban J connectivity index is 2.33. The van der Waals surface area contributed by atoms with E-state index in [4.69, 9.17) is 4.74 Å². The van der Waals surface area contributed by atoms with Crippen LogP contribution in [-0.4, -0.2) is 27.6 Å². The molecule has 0 bridgehead atoms. The summed E-state index contributed by atoms with van der Waals surface area (Å²) < 4.78 is 32.7. The van der Waals surface area contributed by atoms with E-state index in [1.54, 1.807) is 6.92 Å². The molecule has 0 aromatic carbocycles. The second-order valence-corrected chi connectivity index (χ2v) is 5.86. The van der Waals surface area contributed by atoms with Crippen molar-refractivity contribution in [1.82, 2.24) is 15.0 Å². The van der Waals surface area contributed by atoms with E-state index in [9.17, 15) is 13.6 Å². The zero-order valence-corrected chi connectivity index (χ0v) is 12.6. The number of alkyl halides is 2. The highest BCUT2D eigenvalue weighted by Crippen LogP contribution is 2.37. The summed E-state index contributed by atoms with van der Waals surface area (Å²) >= 11 is 0. The van der Waals surface area contributed by atoms with E-state index in [2.05, 4.69) is 24.2 Å². The largest absolute Gasteiger partial charge is 0.461 e. The molecule has 2 atom stereocenters. The van der Waals surface area contributed by atoms with Crippen LogP contribution in [0.25, 0.3) is 0 Å². The van der Waals surface area contributed by atoms with Crippen LogP contribution in [0.5, 0.6) is 0 Å². The predicted octanol–water partition coefficient (Wildman–Crippen LogP) is 3.39. The first-order valence-corrected chi connectivity index (χ1v) is 7.34. The summed E-state index contributed by atoms with van der Waals surface area (Å²) in [5.74, 6) is 0.0509. The fourth-order valence-corrected chi connectivity index (χ4v) is 3.22. The second kappa shape index (κ2) is 6.49. The summed E-state index contributed by atoms with van der Waals surface area (Å²) in [5.41, 5.74) is -0.780. The van der Waals surface area contributed by atoms with Gasteiger partial charge in [-0.15, -0.1) is 5.10 Å². The van der Waals surface area contributed by atoms with Gasteiger partial charge in [-0.05, 0) is 38.0 Å². The van der Waals surface area contributed by atoms with Gasteiger partial charge in [-0.3, -0.25) is 0 Å². The van der Waals surface area contributed by atoms with Gasteiger partial charge in [-0.2, -0.15) is 0 Å². The van der Waals surface area contributed by atoms with Crippen molar-refractivity contribution in [3.8, 4) is 0 Å². The number of hydrogen-bond acceptors (Lipinski definition) is 4. The summed E-state index contributed by atoms with van der Waals surface area (Å²) in [7, 11) is 0. The highest BCUT2D eigenvalue weighted by Gasteiger charge is 2.33. The molecule has 1 fully saturated rings. The van der Waals surface area contributed by atoms with Crippen molar-refractivity contribution in [2.45, 2.75) is 52.5 Å². The van der Waals surface area contributed by atoms with E-state index in [1.165, 1.54) is 4.68 Å². The van der Waals surface area contributed by atoms with Crippen molar-refractivity contribution in [2.75, 3.05) is 6.61 Å². The lowest BCUT2D eigenvalue weighted by Crippen LogP contribution is -2.25. The fourth-order valence-electron chi connectivity index (χ4n) is 3.22. The number of rotatable bonds is 4. The van der Waals surface area contributed by atoms with Crippen molar-refractivity contribution in [1.29, 1.82) is 0 Å². The van der Waals surface area contributed by atoms with Crippen LogP contribution in [0, 0.1) is 11.8 Å². The summed E-state index contributed by atoms with van der Waals surface area (Å²) in [5, 5.41) is 7.46. The van der Waals surface area contributed by atoms with Crippen LogP contribution >= 0.6 is 0 Å². The van der Waals surface area contributed by atoms with Crippen LogP contribution in [0.2, 0.25) is 0 Å². The summed E-state index contributed by atoms with van der Waals surface area (Å²) in [6, 6.07) is -0.136. The molecule has 118 valence electrons. The molecular weight excluding hydrogens is 280 g/mol. The maximum atomic E-state index is 13.4. The Morgan fingerprint density at radius 1 is 1.33 bits per heavy atom. The third kappa shape index (κ3) is 3.39. The lowest BCUT2D eigenvalue weighted by atomic mass is 9.80. The smallest absolute Gasteiger partial charge is 0.361 e. The van der Waals surface area contributed by atoms with Gasteiger partial charge in [0.15, 0.2) is 5.69 Å². The van der Waals surface area contributed by atoms with Crippen molar-refractivity contribution in [2.24, 2.45) is 11.8 Å². The molecule has 2 rings (SSSR count). The lowest BCUT2D eigenvalue weighted by molar-refractivity contribution is 0.0505. The molecule has 1 aliphatic carbocycles. The molecule has 7 heteroatoms. The zero-order valence-electron chi connectivity index (χ0n) is 12.6. The highest BCUT2D eigenvalue weighted by atomic mass is 19.3. The van der Waals surface area contributed by atoms with E-state index in [0.29, 0.717) is 11.8 Å². The van der Waals surface area contributed by atoms with Crippen LogP contribution in [0.1, 0.15) is 68.7 Å². The van der Waals surface area contributed by atoms with Gasteiger partial charge in [0.2, 0.25) is 0 Å². The average molecular weight is 301 g/mol. The topological polar surface area (TPSA) is 57.0 Å². The Bertz CT molecular complexity index is 494. The number of esters is 1. The Morgan fingerprint density at radius 3 is 2.48 bits per heavy atom. The van der Waals surface area contributed by atoms with Gasteiger partial charge in [0.25, 0.3) is 6.43 Å². The standard InChI is InChI=1S/C14H21F2N3O2/c1-4-21-14(20)11-12(13(15)16)19(18-17-11)10-6-8(2)5-9(3)7-10/h8-10,13H,4-7H2,1-3H3. The van der Waals surface area contributed by atoms with E-state index >= 15 is 0 Å². The van der Waals surface area contributed by atoms with Gasteiger partial charge in [0, 0.05) is 0 Å². The Labute approximate surface area is 122 Å². The number of ether oxygens (including phenoxy) is 1. The highest BCUT2D eigenvalue weighted by molar-refractivity contribution is 5.88. The first-order chi connectivity index (χ1) is 9.93. The molecule has 0 spiro atoms. The quantitative estimate of drug-likeness (QED) is 0.800. The number of carbonyl (C=O) groups excluding carboxylic acids is 1. The molecule has 0 radical (unpaired) electrons. The predicted molar refractivity (Wildman–Crippen MR) is 72.2 cm³/mol. The molecule has 0 amide bonds. The minimum Gasteiger partial charge on any atom is -0.461 e. The zero-order chi connectivity index (χ0) is 15.6. The number of aromatic nitrogens is 3. The van der Waals surface area contributed by atoms with Gasteiger partial charge in [0.05, 0.1) is 12.6 Å². The van der Waals surface area contributed by atoms with Gasteiger partial charge >= 0.3 is 5.97 Å². The van der Waals surface area contributed by atoms with Crippen LogP contribution < -0.4 is 0 Å². The van der Waals surface area contributed by atoms with E-state index in [0.717, 1.165) is 19.3 Å². The van der Waals surface area contributed by atoms with Crippen LogP contribution in [0.15, 0.2) is 0 Å². The molecular formula is C14H21F2N3O2. The van der Waals surface area contributed by atoms with Crippen molar-refractivity contribution in [3.63, 3.8) is 0 Å². The van der Waals surface area contributed by atoms with E-state index in [-0.39, 0.29) is 18.3 Å². The normalized spacial score (nSPS) is 26.1. The summed E-state index contributed by atoms with van der Waals surface area (Å²) in [6.45, 7) is 5.95. The van der Waals surface area contributed by atoms with Crippen molar-refractivity contribution in [3.05, 3.63) is 11.4 Å². The molecule has 1 heterocycles. The maximum absolute atomic E-state index is 13.4. The van der Waals surface area contributed by atoms with E-state index < -0.39 is 18.1 Å². The molecule has 0 N–H and O–H groups in total. The summed E-state index contributed by atoms with van der Waals surface area (Å²) in [6.07, 6.45) is -0.169. The third-order valence-corrected chi connectivity index (χ3v) is 3.91. The maximum Gasteiger partial charge on any atom is 0.361 e. The molecule has 1 saturated carbocycles. The summed E-state index contributed by atoms with van der Waals surface area (Å²) in [4.78, 5) is 11.7. The molecule has 1 aliphatic rings. The monoisotopic (exact) mass is 301 g/mol. The third-order valence-electron chi connectivity index (χ3n) is 3.91. The molecule has 0 aliphatic heterocycles. The van der Waals surface area contributed by atoms with E-state index in [1.807, 2.05) is 0 Å². The Morgan fingerprint density at radius 2 is 1.95 bits per heavy atom. The van der Waals surface area contributed by atoms with Gasteiger partial charge in [0.1, 0.15) is 5.69 Å². The number of carbonyl (C=O) groups is 1. The Kier molecular flexibility index (Phi) is 4.90. The first kappa shape index (κ1) is 15.9.